The minimum absolute atomic E-state index is 0.0107. The summed E-state index contributed by atoms with van der Waals surface area (Å²) < 4.78 is 5.23. The fourth-order valence-corrected chi connectivity index (χ4v) is 3.47. The van der Waals surface area contributed by atoms with Gasteiger partial charge in [0.2, 0.25) is 5.91 Å². The zero-order valence-corrected chi connectivity index (χ0v) is 9.97. The number of hydrogen-bond acceptors (Lipinski definition) is 4. The number of amides is 1. The SMILES string of the molecule is NC1(C(=O)N2CC3CCC(O)C3C2)CCOC1. The number of ether oxygens (including phenoxy) is 1. The molecule has 0 aromatic carbocycles. The van der Waals surface area contributed by atoms with E-state index in [4.69, 9.17) is 10.5 Å². The second-order valence-electron chi connectivity index (χ2n) is 5.74. The molecule has 0 aromatic heterocycles. The Labute approximate surface area is 101 Å². The largest absolute Gasteiger partial charge is 0.393 e. The molecule has 2 heterocycles. The van der Waals surface area contributed by atoms with Gasteiger partial charge in [0.1, 0.15) is 5.54 Å². The molecule has 4 unspecified atom stereocenters. The normalized spacial score (nSPS) is 45.3. The van der Waals surface area contributed by atoms with Crippen LogP contribution in [-0.4, -0.2) is 53.9 Å². The van der Waals surface area contributed by atoms with E-state index in [0.717, 1.165) is 19.4 Å². The quantitative estimate of drug-likeness (QED) is 0.637. The van der Waals surface area contributed by atoms with Gasteiger partial charge in [0.25, 0.3) is 0 Å². The van der Waals surface area contributed by atoms with Crippen LogP contribution in [0.2, 0.25) is 0 Å². The van der Waals surface area contributed by atoms with E-state index in [1.807, 2.05) is 4.90 Å². The Bertz CT molecular complexity index is 328. The number of aliphatic hydroxyl groups excluding tert-OH is 1. The molecule has 96 valence electrons. The summed E-state index contributed by atoms with van der Waals surface area (Å²) in [5.41, 5.74) is 5.27. The summed E-state index contributed by atoms with van der Waals surface area (Å²) in [5.74, 6) is 0.751. The van der Waals surface area contributed by atoms with Crippen LogP contribution in [0.1, 0.15) is 19.3 Å². The Kier molecular flexibility index (Phi) is 2.65. The van der Waals surface area contributed by atoms with Crippen LogP contribution < -0.4 is 5.73 Å². The maximum Gasteiger partial charge on any atom is 0.245 e. The zero-order chi connectivity index (χ0) is 12.0. The molecule has 1 saturated carbocycles. The van der Waals surface area contributed by atoms with Crippen LogP contribution in [-0.2, 0) is 9.53 Å². The lowest BCUT2D eigenvalue weighted by Crippen LogP contribution is -2.55. The zero-order valence-electron chi connectivity index (χ0n) is 9.97. The number of carbonyl (C=O) groups excluding carboxylic acids is 1. The highest BCUT2D eigenvalue weighted by molar-refractivity contribution is 5.87. The molecule has 2 aliphatic heterocycles. The van der Waals surface area contributed by atoms with Crippen molar-refractivity contribution in [3.8, 4) is 0 Å². The maximum absolute atomic E-state index is 12.3. The van der Waals surface area contributed by atoms with E-state index in [2.05, 4.69) is 0 Å². The number of nitrogens with zero attached hydrogens (tertiary/aromatic N) is 1. The molecule has 3 rings (SSSR count). The molecule has 4 atom stereocenters. The lowest BCUT2D eigenvalue weighted by molar-refractivity contribution is -0.136. The fourth-order valence-electron chi connectivity index (χ4n) is 3.47. The van der Waals surface area contributed by atoms with Crippen LogP contribution in [0.4, 0.5) is 0 Å². The van der Waals surface area contributed by atoms with Crippen LogP contribution in [0.15, 0.2) is 0 Å². The molecule has 1 amide bonds. The summed E-state index contributed by atoms with van der Waals surface area (Å²) in [6.45, 7) is 2.34. The van der Waals surface area contributed by atoms with Gasteiger partial charge < -0.3 is 20.5 Å². The van der Waals surface area contributed by atoms with E-state index >= 15 is 0 Å². The second kappa shape index (κ2) is 3.93. The third-order valence-electron chi connectivity index (χ3n) is 4.58. The highest BCUT2D eigenvalue weighted by Crippen LogP contribution is 2.39. The first kappa shape index (κ1) is 11.4. The number of aliphatic hydroxyl groups is 1. The topological polar surface area (TPSA) is 75.8 Å². The van der Waals surface area contributed by atoms with Crippen molar-refractivity contribution in [2.24, 2.45) is 17.6 Å². The van der Waals surface area contributed by atoms with Crippen LogP contribution in [0.3, 0.4) is 0 Å². The molecule has 0 radical (unpaired) electrons. The summed E-state index contributed by atoms with van der Waals surface area (Å²) in [7, 11) is 0. The van der Waals surface area contributed by atoms with Gasteiger partial charge in [-0.3, -0.25) is 4.79 Å². The maximum atomic E-state index is 12.3. The van der Waals surface area contributed by atoms with Gasteiger partial charge >= 0.3 is 0 Å². The van der Waals surface area contributed by atoms with Crippen molar-refractivity contribution in [3.63, 3.8) is 0 Å². The van der Waals surface area contributed by atoms with Crippen LogP contribution in [0.25, 0.3) is 0 Å². The summed E-state index contributed by atoms with van der Waals surface area (Å²) in [6, 6.07) is 0. The van der Waals surface area contributed by atoms with Gasteiger partial charge in [0.05, 0.1) is 12.7 Å². The lowest BCUT2D eigenvalue weighted by Gasteiger charge is -2.28. The van der Waals surface area contributed by atoms with E-state index in [0.29, 0.717) is 32.1 Å². The first-order valence-electron chi connectivity index (χ1n) is 6.44. The van der Waals surface area contributed by atoms with Crippen molar-refractivity contribution in [2.45, 2.75) is 30.9 Å². The van der Waals surface area contributed by atoms with Crippen LogP contribution >= 0.6 is 0 Å². The Morgan fingerprint density at radius 1 is 1.41 bits per heavy atom. The molecule has 17 heavy (non-hydrogen) atoms. The average Bonchev–Trinajstić information content (AvgIpc) is 2.97. The summed E-state index contributed by atoms with van der Waals surface area (Å²) >= 11 is 0. The van der Waals surface area contributed by atoms with Crippen molar-refractivity contribution in [3.05, 3.63) is 0 Å². The Balaban J connectivity index is 1.69. The minimum atomic E-state index is -0.816. The molecular formula is C12H20N2O3. The van der Waals surface area contributed by atoms with Gasteiger partial charge in [-0.15, -0.1) is 0 Å². The second-order valence-corrected chi connectivity index (χ2v) is 5.74. The van der Waals surface area contributed by atoms with E-state index in [9.17, 15) is 9.90 Å². The average molecular weight is 240 g/mol. The molecule has 0 aromatic rings. The number of likely N-dealkylation sites (tertiary alicyclic amines) is 1. The van der Waals surface area contributed by atoms with E-state index in [-0.39, 0.29) is 17.9 Å². The fraction of sp³-hybridized carbons (Fsp3) is 0.917. The van der Waals surface area contributed by atoms with Gasteiger partial charge in [0, 0.05) is 25.6 Å². The van der Waals surface area contributed by atoms with Crippen molar-refractivity contribution in [1.82, 2.24) is 4.90 Å². The first-order chi connectivity index (χ1) is 8.10. The third-order valence-corrected chi connectivity index (χ3v) is 4.58. The van der Waals surface area contributed by atoms with E-state index in [1.165, 1.54) is 0 Å². The summed E-state index contributed by atoms with van der Waals surface area (Å²) in [6.07, 6.45) is 2.30. The molecule has 5 heteroatoms. The molecule has 1 aliphatic carbocycles. The van der Waals surface area contributed by atoms with Gasteiger partial charge in [0.15, 0.2) is 0 Å². The standard InChI is InChI=1S/C12H20N2O3/c13-12(3-4-17-7-12)11(16)14-5-8-1-2-10(15)9(8)6-14/h8-10,15H,1-7,13H2. The molecule has 5 nitrogen and oxygen atoms in total. The number of fused-ring (bicyclic) bond motifs is 1. The summed E-state index contributed by atoms with van der Waals surface area (Å²) in [4.78, 5) is 14.2. The van der Waals surface area contributed by atoms with Crippen LogP contribution in [0.5, 0.6) is 0 Å². The van der Waals surface area contributed by atoms with Crippen LogP contribution in [0, 0.1) is 11.8 Å². The molecule has 3 aliphatic rings. The lowest BCUT2D eigenvalue weighted by atomic mass is 9.98. The molecule has 0 bridgehead atoms. The minimum Gasteiger partial charge on any atom is -0.393 e. The molecule has 3 N–H and O–H groups in total. The number of carbonyl (C=O) groups is 1. The van der Waals surface area contributed by atoms with Crippen molar-refractivity contribution in [1.29, 1.82) is 0 Å². The Hall–Kier alpha value is -0.650. The smallest absolute Gasteiger partial charge is 0.245 e. The molecular weight excluding hydrogens is 220 g/mol. The third kappa shape index (κ3) is 1.77. The van der Waals surface area contributed by atoms with Gasteiger partial charge in [-0.2, -0.15) is 0 Å². The number of rotatable bonds is 1. The van der Waals surface area contributed by atoms with Crippen molar-refractivity contribution in [2.75, 3.05) is 26.3 Å². The predicted octanol–water partition coefficient (Wildman–Crippen LogP) is -0.667. The van der Waals surface area contributed by atoms with Gasteiger partial charge in [-0.25, -0.2) is 0 Å². The molecule has 2 saturated heterocycles. The van der Waals surface area contributed by atoms with E-state index in [1.54, 1.807) is 0 Å². The first-order valence-corrected chi connectivity index (χ1v) is 6.44. The predicted molar refractivity (Wildman–Crippen MR) is 61.2 cm³/mol. The Morgan fingerprint density at radius 2 is 2.24 bits per heavy atom. The van der Waals surface area contributed by atoms with Crippen molar-refractivity contribution < 1.29 is 14.6 Å². The van der Waals surface area contributed by atoms with Gasteiger partial charge in [-0.1, -0.05) is 0 Å². The number of nitrogens with two attached hydrogens (primary N) is 1. The summed E-state index contributed by atoms with van der Waals surface area (Å²) in [5, 5.41) is 9.83. The van der Waals surface area contributed by atoms with Crippen molar-refractivity contribution >= 4 is 5.91 Å². The highest BCUT2D eigenvalue weighted by Gasteiger charge is 2.48. The van der Waals surface area contributed by atoms with Gasteiger partial charge in [-0.05, 0) is 25.2 Å². The highest BCUT2D eigenvalue weighted by atomic mass is 16.5. The Morgan fingerprint density at radius 3 is 2.88 bits per heavy atom. The monoisotopic (exact) mass is 240 g/mol. The van der Waals surface area contributed by atoms with E-state index < -0.39 is 5.54 Å². The molecule has 3 fully saturated rings. The molecule has 0 spiro atoms. The number of hydrogen-bond donors (Lipinski definition) is 2.